The van der Waals surface area contributed by atoms with Crippen molar-refractivity contribution in [1.29, 1.82) is 0 Å². The number of phenolic OH excluding ortho intramolecular Hbond substituents is 1. The quantitative estimate of drug-likeness (QED) is 0.390. The molecule has 0 spiro atoms. The first kappa shape index (κ1) is 15.3. The van der Waals surface area contributed by atoms with Gasteiger partial charge in [0.1, 0.15) is 11.5 Å². The third kappa shape index (κ3) is 3.51. The predicted molar refractivity (Wildman–Crippen MR) is 92.0 cm³/mol. The highest BCUT2D eigenvalue weighted by Crippen LogP contribution is 2.25. The van der Waals surface area contributed by atoms with Gasteiger partial charge in [0.05, 0.1) is 21.6 Å². The molecule has 2 aromatic rings. The normalized spacial score (nSPS) is 10.9. The number of rotatable bonds is 3. The lowest BCUT2D eigenvalue weighted by molar-refractivity contribution is 0.0953. The fourth-order valence-electron chi connectivity index (χ4n) is 1.53. The molecule has 0 unspecified atom stereocenters. The number of benzene rings is 1. The van der Waals surface area contributed by atoms with Crippen LogP contribution in [-0.2, 0) is 0 Å². The van der Waals surface area contributed by atoms with Gasteiger partial charge in [-0.05, 0) is 70.3 Å². The Hall–Kier alpha value is -1.10. The summed E-state index contributed by atoms with van der Waals surface area (Å²) in [4.78, 5) is 11.8. The summed E-state index contributed by atoms with van der Waals surface area (Å²) in [5, 5.41) is 13.7. The van der Waals surface area contributed by atoms with Gasteiger partial charge in [-0.1, -0.05) is 0 Å². The molecule has 0 aliphatic rings. The van der Waals surface area contributed by atoms with Crippen LogP contribution in [0.1, 0.15) is 21.7 Å². The first-order valence-electron chi connectivity index (χ1n) is 5.54. The molecular weight excluding hydrogens is 486 g/mol. The van der Waals surface area contributed by atoms with Gasteiger partial charge in [0.2, 0.25) is 0 Å². The molecule has 1 aromatic carbocycles. The van der Waals surface area contributed by atoms with Gasteiger partial charge in [-0.3, -0.25) is 4.79 Å². The monoisotopic (exact) mass is 496 g/mol. The van der Waals surface area contributed by atoms with Crippen molar-refractivity contribution in [3.05, 3.63) is 48.5 Å². The number of carbonyl (C=O) groups is 1. The van der Waals surface area contributed by atoms with Crippen LogP contribution in [0.3, 0.4) is 0 Å². The lowest BCUT2D eigenvalue weighted by Gasteiger charge is -2.03. The number of hydrogen-bond donors (Lipinski definition) is 2. The Kier molecular flexibility index (Phi) is 5.02. The molecule has 1 aromatic heterocycles. The van der Waals surface area contributed by atoms with Gasteiger partial charge < -0.3 is 9.52 Å². The van der Waals surface area contributed by atoms with Gasteiger partial charge in [-0.2, -0.15) is 5.10 Å². The van der Waals surface area contributed by atoms with E-state index in [-0.39, 0.29) is 11.7 Å². The Labute approximate surface area is 142 Å². The zero-order valence-corrected chi connectivity index (χ0v) is 14.7. The maximum Gasteiger partial charge on any atom is 0.274 e. The minimum Gasteiger partial charge on any atom is -0.506 e. The first-order valence-corrected chi connectivity index (χ1v) is 7.70. The Balaban J connectivity index is 2.11. The SMILES string of the molecule is Cc1occc1C(=O)N/N=C/c1cc(I)cc(I)c1O. The smallest absolute Gasteiger partial charge is 0.274 e. The van der Waals surface area contributed by atoms with Crippen molar-refractivity contribution in [1.82, 2.24) is 5.43 Å². The highest BCUT2D eigenvalue weighted by atomic mass is 127. The van der Waals surface area contributed by atoms with E-state index in [1.54, 1.807) is 19.1 Å². The molecule has 0 aliphatic heterocycles. The van der Waals surface area contributed by atoms with Gasteiger partial charge in [-0.15, -0.1) is 0 Å². The highest BCUT2D eigenvalue weighted by Gasteiger charge is 2.10. The van der Waals surface area contributed by atoms with Crippen LogP contribution in [0, 0.1) is 14.1 Å². The molecule has 5 nitrogen and oxygen atoms in total. The second-order valence-electron chi connectivity index (χ2n) is 3.92. The number of hydrogen-bond acceptors (Lipinski definition) is 4. The summed E-state index contributed by atoms with van der Waals surface area (Å²) in [7, 11) is 0. The average molecular weight is 496 g/mol. The minimum absolute atomic E-state index is 0.142. The van der Waals surface area contributed by atoms with Crippen molar-refractivity contribution in [3.8, 4) is 5.75 Å². The topological polar surface area (TPSA) is 74.8 Å². The Morgan fingerprint density at radius 2 is 2.20 bits per heavy atom. The fraction of sp³-hybridized carbons (Fsp3) is 0.0769. The van der Waals surface area contributed by atoms with Crippen LogP contribution in [0.25, 0.3) is 0 Å². The summed E-state index contributed by atoms with van der Waals surface area (Å²) in [6.45, 7) is 1.70. The van der Waals surface area contributed by atoms with E-state index >= 15 is 0 Å². The molecule has 0 aliphatic carbocycles. The maximum absolute atomic E-state index is 11.8. The van der Waals surface area contributed by atoms with E-state index in [4.69, 9.17) is 4.42 Å². The van der Waals surface area contributed by atoms with Gasteiger partial charge in [-0.25, -0.2) is 5.43 Å². The standard InChI is InChI=1S/C13H10I2N2O3/c1-7-10(2-3-20-7)13(19)17-16-6-8-4-9(14)5-11(15)12(8)18/h2-6,18H,1H3,(H,17,19)/b16-6+. The largest absolute Gasteiger partial charge is 0.506 e. The van der Waals surface area contributed by atoms with Crippen molar-refractivity contribution < 1.29 is 14.3 Å². The number of halogens is 2. The molecular formula is C13H10I2N2O3. The van der Waals surface area contributed by atoms with Crippen LogP contribution in [-0.4, -0.2) is 17.2 Å². The van der Waals surface area contributed by atoms with Crippen molar-refractivity contribution in [2.45, 2.75) is 6.92 Å². The number of carbonyl (C=O) groups excluding carboxylic acids is 1. The number of nitrogens with zero attached hydrogens (tertiary/aromatic N) is 1. The van der Waals surface area contributed by atoms with Gasteiger partial charge in [0, 0.05) is 9.13 Å². The molecule has 2 rings (SSSR count). The molecule has 1 amide bonds. The van der Waals surface area contributed by atoms with E-state index in [9.17, 15) is 9.90 Å². The molecule has 2 N–H and O–H groups in total. The van der Waals surface area contributed by atoms with Crippen molar-refractivity contribution in [2.75, 3.05) is 0 Å². The number of hydrazone groups is 1. The summed E-state index contributed by atoms with van der Waals surface area (Å²) in [5.74, 6) is 0.320. The summed E-state index contributed by atoms with van der Waals surface area (Å²) < 4.78 is 6.75. The molecule has 0 saturated heterocycles. The zero-order chi connectivity index (χ0) is 14.7. The first-order chi connectivity index (χ1) is 9.49. The Bertz CT molecular complexity index is 680. The van der Waals surface area contributed by atoms with Gasteiger partial charge in [0.15, 0.2) is 0 Å². The van der Waals surface area contributed by atoms with Crippen LogP contribution in [0.2, 0.25) is 0 Å². The van der Waals surface area contributed by atoms with E-state index in [1.807, 2.05) is 28.7 Å². The number of aromatic hydroxyl groups is 1. The van der Waals surface area contributed by atoms with E-state index in [2.05, 4.69) is 33.1 Å². The predicted octanol–water partition coefficient (Wildman–Crippen LogP) is 3.27. The van der Waals surface area contributed by atoms with Crippen molar-refractivity contribution in [3.63, 3.8) is 0 Å². The number of aryl methyl sites for hydroxylation is 1. The van der Waals surface area contributed by atoms with Crippen LogP contribution < -0.4 is 5.43 Å². The second kappa shape index (κ2) is 6.57. The number of phenols is 1. The maximum atomic E-state index is 11.8. The van der Waals surface area contributed by atoms with E-state index < -0.39 is 0 Å². The Morgan fingerprint density at radius 1 is 1.45 bits per heavy atom. The second-order valence-corrected chi connectivity index (χ2v) is 6.32. The van der Waals surface area contributed by atoms with E-state index in [0.717, 1.165) is 7.14 Å². The molecule has 20 heavy (non-hydrogen) atoms. The molecule has 0 atom stereocenters. The number of nitrogens with one attached hydrogen (secondary N) is 1. The third-order valence-corrected chi connectivity index (χ3v) is 3.98. The fourth-order valence-corrected chi connectivity index (χ4v) is 3.42. The van der Waals surface area contributed by atoms with Gasteiger partial charge in [0.25, 0.3) is 5.91 Å². The molecule has 0 radical (unpaired) electrons. The third-order valence-electron chi connectivity index (χ3n) is 2.53. The molecule has 0 saturated carbocycles. The van der Waals surface area contributed by atoms with E-state index in [1.165, 1.54) is 12.5 Å². The Morgan fingerprint density at radius 3 is 2.85 bits per heavy atom. The van der Waals surface area contributed by atoms with Crippen molar-refractivity contribution in [2.24, 2.45) is 5.10 Å². The van der Waals surface area contributed by atoms with E-state index in [0.29, 0.717) is 16.9 Å². The van der Waals surface area contributed by atoms with Crippen LogP contribution in [0.4, 0.5) is 0 Å². The number of amides is 1. The molecule has 7 heteroatoms. The summed E-state index contributed by atoms with van der Waals surface area (Å²) in [5.41, 5.74) is 3.38. The van der Waals surface area contributed by atoms with Crippen molar-refractivity contribution >= 4 is 57.3 Å². The average Bonchev–Trinajstić information content (AvgIpc) is 2.81. The molecule has 1 heterocycles. The minimum atomic E-state index is -0.354. The van der Waals surface area contributed by atoms with Crippen LogP contribution in [0.5, 0.6) is 5.75 Å². The molecule has 0 fully saturated rings. The lowest BCUT2D eigenvalue weighted by Crippen LogP contribution is -2.17. The van der Waals surface area contributed by atoms with Crippen LogP contribution >= 0.6 is 45.2 Å². The lowest BCUT2D eigenvalue weighted by atomic mass is 10.2. The van der Waals surface area contributed by atoms with Gasteiger partial charge >= 0.3 is 0 Å². The highest BCUT2D eigenvalue weighted by molar-refractivity contribution is 14.1. The summed E-state index contributed by atoms with van der Waals surface area (Å²) >= 11 is 4.19. The zero-order valence-electron chi connectivity index (χ0n) is 10.4. The van der Waals surface area contributed by atoms with Crippen LogP contribution in [0.15, 0.2) is 34.0 Å². The number of furan rings is 1. The molecule has 0 bridgehead atoms. The summed E-state index contributed by atoms with van der Waals surface area (Å²) in [6, 6.07) is 5.20. The molecule has 104 valence electrons. The summed E-state index contributed by atoms with van der Waals surface area (Å²) in [6.07, 6.45) is 2.86.